The zero-order chi connectivity index (χ0) is 15.2. The first-order chi connectivity index (χ1) is 9.85. The van der Waals surface area contributed by atoms with Crippen LogP contribution in [-0.4, -0.2) is 47.5 Å². The molecule has 0 amide bonds. The molecule has 114 valence electrons. The maximum Gasteiger partial charge on any atom is 0.151 e. The molecule has 0 unspecified atom stereocenters. The van der Waals surface area contributed by atoms with Crippen molar-refractivity contribution in [2.45, 2.75) is 33.0 Å². The number of imidazole rings is 1. The van der Waals surface area contributed by atoms with Crippen molar-refractivity contribution in [3.8, 4) is 0 Å². The van der Waals surface area contributed by atoms with E-state index in [0.717, 1.165) is 17.5 Å². The number of aromatic nitrogens is 2. The van der Waals surface area contributed by atoms with Gasteiger partial charge in [-0.3, -0.25) is 4.90 Å². The number of sulfone groups is 1. The smallest absolute Gasteiger partial charge is 0.151 e. The lowest BCUT2D eigenvalue weighted by atomic mass is 10.1. The molecule has 3 rings (SSSR count). The van der Waals surface area contributed by atoms with Gasteiger partial charge < -0.3 is 4.57 Å². The number of nitrogens with zero attached hydrogens (tertiary/aromatic N) is 3. The van der Waals surface area contributed by atoms with E-state index in [1.165, 1.54) is 11.1 Å². The zero-order valence-electron chi connectivity index (χ0n) is 12.7. The molecule has 0 saturated carbocycles. The van der Waals surface area contributed by atoms with E-state index in [9.17, 15) is 8.42 Å². The average molecular weight is 307 g/mol. The molecule has 5 nitrogen and oxygen atoms in total. The van der Waals surface area contributed by atoms with Crippen molar-refractivity contribution in [3.63, 3.8) is 0 Å². The van der Waals surface area contributed by atoms with Gasteiger partial charge in [0.05, 0.1) is 35.5 Å². The Bertz CT molecular complexity index is 780. The van der Waals surface area contributed by atoms with E-state index < -0.39 is 9.84 Å². The molecule has 0 aliphatic carbocycles. The van der Waals surface area contributed by atoms with Crippen LogP contribution in [0.3, 0.4) is 0 Å². The Morgan fingerprint density at radius 3 is 2.71 bits per heavy atom. The quantitative estimate of drug-likeness (QED) is 0.866. The van der Waals surface area contributed by atoms with Crippen LogP contribution < -0.4 is 0 Å². The summed E-state index contributed by atoms with van der Waals surface area (Å²) >= 11 is 0. The van der Waals surface area contributed by atoms with Crippen LogP contribution in [0.5, 0.6) is 0 Å². The first-order valence-corrected chi connectivity index (χ1v) is 9.00. The van der Waals surface area contributed by atoms with Crippen molar-refractivity contribution < 1.29 is 8.42 Å². The fraction of sp³-hybridized carbons (Fsp3) is 0.533. The first kappa shape index (κ1) is 14.5. The molecule has 2 aromatic rings. The molecule has 1 atom stereocenters. The van der Waals surface area contributed by atoms with Crippen molar-refractivity contribution in [1.82, 2.24) is 14.5 Å². The van der Waals surface area contributed by atoms with Crippen molar-refractivity contribution in [1.29, 1.82) is 0 Å². The highest BCUT2D eigenvalue weighted by Crippen LogP contribution is 2.21. The van der Waals surface area contributed by atoms with Crippen molar-refractivity contribution >= 4 is 20.9 Å². The molecule has 0 radical (unpaired) electrons. The van der Waals surface area contributed by atoms with Crippen LogP contribution in [0.1, 0.15) is 17.5 Å². The number of fused-ring (bicyclic) bond motifs is 1. The van der Waals surface area contributed by atoms with E-state index in [2.05, 4.69) is 40.4 Å². The van der Waals surface area contributed by atoms with Gasteiger partial charge in [-0.05, 0) is 50.6 Å². The van der Waals surface area contributed by atoms with Crippen LogP contribution in [-0.2, 0) is 16.5 Å². The molecular weight excluding hydrogens is 286 g/mol. The van der Waals surface area contributed by atoms with E-state index in [-0.39, 0.29) is 11.8 Å². The van der Waals surface area contributed by atoms with Crippen LogP contribution in [0.25, 0.3) is 11.0 Å². The van der Waals surface area contributed by atoms with E-state index in [1.54, 1.807) is 0 Å². The number of aryl methyl sites for hydroxylation is 2. The molecule has 0 N–H and O–H groups in total. The van der Waals surface area contributed by atoms with Gasteiger partial charge in [0.2, 0.25) is 0 Å². The summed E-state index contributed by atoms with van der Waals surface area (Å²) in [6.07, 6.45) is 2.56. The fourth-order valence-electron chi connectivity index (χ4n) is 2.90. The molecule has 1 saturated heterocycles. The molecule has 0 bridgehead atoms. The maximum absolute atomic E-state index is 11.6. The number of benzene rings is 1. The maximum atomic E-state index is 11.6. The minimum absolute atomic E-state index is 0.110. The Morgan fingerprint density at radius 1 is 1.33 bits per heavy atom. The van der Waals surface area contributed by atoms with Crippen molar-refractivity contribution in [3.05, 3.63) is 29.6 Å². The van der Waals surface area contributed by atoms with Crippen LogP contribution in [0, 0.1) is 13.8 Å². The fourth-order valence-corrected chi connectivity index (χ4v) is 4.71. The summed E-state index contributed by atoms with van der Waals surface area (Å²) in [5.74, 6) is 0.583. The number of hydrogen-bond donors (Lipinski definition) is 0. The Hall–Kier alpha value is -1.40. The summed E-state index contributed by atoms with van der Waals surface area (Å²) in [4.78, 5) is 6.56. The monoisotopic (exact) mass is 307 g/mol. The molecule has 2 heterocycles. The minimum atomic E-state index is -2.84. The second kappa shape index (κ2) is 5.10. The summed E-state index contributed by atoms with van der Waals surface area (Å²) in [5.41, 5.74) is 4.58. The average Bonchev–Trinajstić information content (AvgIpc) is 2.95. The minimum Gasteiger partial charge on any atom is -0.317 e. The normalized spacial score (nSPS) is 21.4. The third-order valence-electron chi connectivity index (χ3n) is 4.44. The topological polar surface area (TPSA) is 55.2 Å². The Labute approximate surface area is 125 Å². The second-order valence-electron chi connectivity index (χ2n) is 6.09. The van der Waals surface area contributed by atoms with Gasteiger partial charge in [-0.2, -0.15) is 0 Å². The van der Waals surface area contributed by atoms with Crippen molar-refractivity contribution in [2.24, 2.45) is 0 Å². The molecule has 1 aromatic carbocycles. The molecule has 0 spiro atoms. The lowest BCUT2D eigenvalue weighted by molar-refractivity contribution is 0.211. The van der Waals surface area contributed by atoms with Crippen LogP contribution >= 0.6 is 0 Å². The largest absolute Gasteiger partial charge is 0.317 e. The van der Waals surface area contributed by atoms with Gasteiger partial charge in [0.1, 0.15) is 0 Å². The van der Waals surface area contributed by atoms with Crippen molar-refractivity contribution in [2.75, 3.05) is 18.6 Å². The second-order valence-corrected chi connectivity index (χ2v) is 8.32. The summed E-state index contributed by atoms with van der Waals surface area (Å²) in [6.45, 7) is 4.85. The Kier molecular flexibility index (Phi) is 3.53. The molecule has 6 heteroatoms. The van der Waals surface area contributed by atoms with Gasteiger partial charge in [0.25, 0.3) is 0 Å². The third-order valence-corrected chi connectivity index (χ3v) is 6.19. The first-order valence-electron chi connectivity index (χ1n) is 7.18. The van der Waals surface area contributed by atoms with Gasteiger partial charge in [-0.1, -0.05) is 0 Å². The Balaban J connectivity index is 1.83. The molecule has 1 aliphatic rings. The highest BCUT2D eigenvalue weighted by Gasteiger charge is 2.30. The highest BCUT2D eigenvalue weighted by atomic mass is 32.2. The van der Waals surface area contributed by atoms with E-state index in [1.807, 2.05) is 13.4 Å². The number of rotatable bonds is 3. The zero-order valence-corrected chi connectivity index (χ0v) is 13.5. The number of hydrogen-bond acceptors (Lipinski definition) is 4. The van der Waals surface area contributed by atoms with E-state index >= 15 is 0 Å². The molecular formula is C15H21N3O2S. The summed E-state index contributed by atoms with van der Waals surface area (Å²) in [5, 5.41) is 0. The molecule has 1 fully saturated rings. The van der Waals surface area contributed by atoms with Crippen LogP contribution in [0.2, 0.25) is 0 Å². The summed E-state index contributed by atoms with van der Waals surface area (Å²) in [6, 6.07) is 4.36. The van der Waals surface area contributed by atoms with Gasteiger partial charge in [0.15, 0.2) is 9.84 Å². The van der Waals surface area contributed by atoms with Gasteiger partial charge in [-0.15, -0.1) is 0 Å². The van der Waals surface area contributed by atoms with Crippen LogP contribution in [0.15, 0.2) is 18.5 Å². The summed E-state index contributed by atoms with van der Waals surface area (Å²) in [7, 11) is -0.856. The van der Waals surface area contributed by atoms with Gasteiger partial charge in [0, 0.05) is 6.04 Å². The van der Waals surface area contributed by atoms with Gasteiger partial charge in [-0.25, -0.2) is 13.4 Å². The standard InChI is InChI=1S/C15H21N3O2S/c1-11-6-14-15(7-12(11)2)18(9-16-14)10-17(3)13-4-5-21(19,20)8-13/h6-7,9,13H,4-5,8,10H2,1-3H3/t13-/m1/s1. The predicted octanol–water partition coefficient (Wildman–Crippen LogP) is 1.73. The third kappa shape index (κ3) is 2.82. The van der Waals surface area contributed by atoms with Crippen LogP contribution in [0.4, 0.5) is 0 Å². The molecule has 21 heavy (non-hydrogen) atoms. The highest BCUT2D eigenvalue weighted by molar-refractivity contribution is 7.91. The SMILES string of the molecule is Cc1cc2ncn(CN(C)[C@@H]3CCS(=O)(=O)C3)c2cc1C. The van der Waals surface area contributed by atoms with E-state index in [4.69, 9.17) is 0 Å². The Morgan fingerprint density at radius 2 is 2.05 bits per heavy atom. The predicted molar refractivity (Wildman–Crippen MR) is 84.0 cm³/mol. The van der Waals surface area contributed by atoms with Gasteiger partial charge >= 0.3 is 0 Å². The lowest BCUT2D eigenvalue weighted by Gasteiger charge is -2.23. The molecule has 1 aromatic heterocycles. The molecule has 1 aliphatic heterocycles. The van der Waals surface area contributed by atoms with E-state index in [0.29, 0.717) is 12.4 Å². The lowest BCUT2D eigenvalue weighted by Crippen LogP contribution is -2.34. The summed E-state index contributed by atoms with van der Waals surface area (Å²) < 4.78 is 25.3.